The van der Waals surface area contributed by atoms with Crippen LogP contribution in [0, 0.1) is 0 Å². The van der Waals surface area contributed by atoms with Crippen LogP contribution in [-0.4, -0.2) is 27.9 Å². The number of rotatable bonds is 1. The highest BCUT2D eigenvalue weighted by Gasteiger charge is 2.21. The molecule has 1 saturated heterocycles. The van der Waals surface area contributed by atoms with E-state index in [9.17, 15) is 0 Å². The van der Waals surface area contributed by atoms with Crippen molar-refractivity contribution in [3.63, 3.8) is 0 Å². The zero-order valence-electron chi connectivity index (χ0n) is 7.44. The summed E-state index contributed by atoms with van der Waals surface area (Å²) in [6.45, 7) is 1.95. The molecule has 2 aromatic heterocycles. The Kier molecular flexibility index (Phi) is 1.72. The summed E-state index contributed by atoms with van der Waals surface area (Å²) < 4.78 is 1.96. The monoisotopic (exact) mass is 208 g/mol. The molecular formula is C9H9ClN4. The largest absolute Gasteiger partial charge is 0.312 e. The van der Waals surface area contributed by atoms with E-state index in [4.69, 9.17) is 11.6 Å². The quantitative estimate of drug-likeness (QED) is 0.767. The highest BCUT2D eigenvalue weighted by molar-refractivity contribution is 6.31. The van der Waals surface area contributed by atoms with Gasteiger partial charge >= 0.3 is 0 Å². The molecule has 2 aromatic rings. The zero-order chi connectivity index (χ0) is 9.54. The highest BCUT2D eigenvalue weighted by atomic mass is 35.5. The summed E-state index contributed by atoms with van der Waals surface area (Å²) in [7, 11) is 0. The van der Waals surface area contributed by atoms with Crippen molar-refractivity contribution in [1.29, 1.82) is 0 Å². The van der Waals surface area contributed by atoms with Crippen LogP contribution < -0.4 is 5.32 Å². The molecule has 1 aliphatic heterocycles. The van der Waals surface area contributed by atoms with Gasteiger partial charge in [-0.15, -0.1) is 0 Å². The molecule has 0 unspecified atom stereocenters. The fourth-order valence-corrected chi connectivity index (χ4v) is 1.79. The molecule has 1 aliphatic rings. The first-order valence-electron chi connectivity index (χ1n) is 4.54. The Bertz CT molecular complexity index is 475. The molecule has 0 radical (unpaired) electrons. The van der Waals surface area contributed by atoms with Crippen molar-refractivity contribution in [3.8, 4) is 0 Å². The molecule has 1 N–H and O–H groups in total. The topological polar surface area (TPSA) is 42.7 Å². The van der Waals surface area contributed by atoms with Gasteiger partial charge in [-0.3, -0.25) is 0 Å². The maximum Gasteiger partial charge on any atom is 0.158 e. The van der Waals surface area contributed by atoms with Gasteiger partial charge in [0.2, 0.25) is 0 Å². The van der Waals surface area contributed by atoms with Crippen LogP contribution in [0.25, 0.3) is 11.0 Å². The lowest BCUT2D eigenvalue weighted by Gasteiger charge is -2.27. The minimum absolute atomic E-state index is 0.446. The van der Waals surface area contributed by atoms with E-state index in [0.717, 1.165) is 24.1 Å². The second kappa shape index (κ2) is 2.93. The van der Waals surface area contributed by atoms with Crippen molar-refractivity contribution in [3.05, 3.63) is 23.5 Å². The Morgan fingerprint density at radius 1 is 1.43 bits per heavy atom. The van der Waals surface area contributed by atoms with Crippen LogP contribution in [-0.2, 0) is 0 Å². The fourth-order valence-electron chi connectivity index (χ4n) is 1.63. The van der Waals surface area contributed by atoms with Gasteiger partial charge in [-0.2, -0.15) is 5.10 Å². The molecule has 14 heavy (non-hydrogen) atoms. The summed E-state index contributed by atoms with van der Waals surface area (Å²) in [5.41, 5.74) is 0.918. The normalized spacial score (nSPS) is 17.2. The molecule has 0 saturated carbocycles. The van der Waals surface area contributed by atoms with Crippen LogP contribution in [0.5, 0.6) is 0 Å². The van der Waals surface area contributed by atoms with Crippen LogP contribution in [0.3, 0.4) is 0 Å². The lowest BCUT2D eigenvalue weighted by atomic mass is 10.2. The van der Waals surface area contributed by atoms with Crippen molar-refractivity contribution in [2.45, 2.75) is 6.04 Å². The lowest BCUT2D eigenvalue weighted by molar-refractivity contribution is 0.325. The van der Waals surface area contributed by atoms with Crippen molar-refractivity contribution in [1.82, 2.24) is 20.1 Å². The smallest absolute Gasteiger partial charge is 0.158 e. The summed E-state index contributed by atoms with van der Waals surface area (Å²) >= 11 is 5.84. The second-order valence-corrected chi connectivity index (χ2v) is 3.90. The van der Waals surface area contributed by atoms with Gasteiger partial charge in [0, 0.05) is 24.7 Å². The standard InChI is InChI=1S/C9H9ClN4/c10-7-1-6-2-13-14(8-4-11-5-8)9(6)12-3-7/h1-3,8,11H,4-5H2. The first-order valence-corrected chi connectivity index (χ1v) is 4.92. The Morgan fingerprint density at radius 3 is 3.00 bits per heavy atom. The third-order valence-corrected chi connectivity index (χ3v) is 2.71. The maximum atomic E-state index is 5.84. The summed E-state index contributed by atoms with van der Waals surface area (Å²) in [5, 5.41) is 9.19. The molecule has 0 aliphatic carbocycles. The van der Waals surface area contributed by atoms with Crippen LogP contribution in [0.4, 0.5) is 0 Å². The van der Waals surface area contributed by atoms with Gasteiger partial charge < -0.3 is 5.32 Å². The molecule has 4 nitrogen and oxygen atoms in total. The SMILES string of the molecule is Clc1cnc2c(cnn2C2CNC2)c1. The number of hydrogen-bond acceptors (Lipinski definition) is 3. The van der Waals surface area contributed by atoms with Crippen molar-refractivity contribution in [2.24, 2.45) is 0 Å². The van der Waals surface area contributed by atoms with Gasteiger partial charge in [-0.25, -0.2) is 9.67 Å². The number of hydrogen-bond donors (Lipinski definition) is 1. The fraction of sp³-hybridized carbons (Fsp3) is 0.333. The molecule has 0 spiro atoms. The highest BCUT2D eigenvalue weighted by Crippen LogP contribution is 2.20. The summed E-state index contributed by atoms with van der Waals surface area (Å²) in [6.07, 6.45) is 3.47. The summed E-state index contributed by atoms with van der Waals surface area (Å²) in [4.78, 5) is 4.28. The van der Waals surface area contributed by atoms with Crippen molar-refractivity contribution >= 4 is 22.6 Å². The molecule has 1 fully saturated rings. The van der Waals surface area contributed by atoms with Gasteiger partial charge in [-0.1, -0.05) is 11.6 Å². The lowest BCUT2D eigenvalue weighted by Crippen LogP contribution is -2.43. The van der Waals surface area contributed by atoms with E-state index in [-0.39, 0.29) is 0 Å². The Morgan fingerprint density at radius 2 is 2.29 bits per heavy atom. The molecule has 0 bridgehead atoms. The molecule has 72 valence electrons. The molecular weight excluding hydrogens is 200 g/mol. The van der Waals surface area contributed by atoms with E-state index in [0.29, 0.717) is 11.1 Å². The number of halogens is 1. The predicted molar refractivity (Wildman–Crippen MR) is 54.4 cm³/mol. The Labute approximate surface area is 85.9 Å². The third kappa shape index (κ3) is 1.11. The minimum atomic E-state index is 0.446. The number of fused-ring (bicyclic) bond motifs is 1. The minimum Gasteiger partial charge on any atom is -0.312 e. The second-order valence-electron chi connectivity index (χ2n) is 3.47. The Hall–Kier alpha value is -1.13. The molecule has 0 aromatic carbocycles. The van der Waals surface area contributed by atoms with Gasteiger partial charge in [0.05, 0.1) is 17.3 Å². The summed E-state index contributed by atoms with van der Waals surface area (Å²) in [6, 6.07) is 2.33. The first-order chi connectivity index (χ1) is 6.84. The molecule has 0 amide bonds. The molecule has 3 heterocycles. The maximum absolute atomic E-state index is 5.84. The van der Waals surface area contributed by atoms with Crippen LogP contribution >= 0.6 is 11.6 Å². The van der Waals surface area contributed by atoms with E-state index < -0.39 is 0 Å². The number of pyridine rings is 1. The van der Waals surface area contributed by atoms with E-state index >= 15 is 0 Å². The van der Waals surface area contributed by atoms with Crippen molar-refractivity contribution in [2.75, 3.05) is 13.1 Å². The van der Waals surface area contributed by atoms with E-state index in [1.54, 1.807) is 6.20 Å². The van der Waals surface area contributed by atoms with Gasteiger partial charge in [0.1, 0.15) is 0 Å². The number of aromatic nitrogens is 3. The molecule has 0 atom stereocenters. The van der Waals surface area contributed by atoms with Crippen LogP contribution in [0.15, 0.2) is 18.5 Å². The zero-order valence-corrected chi connectivity index (χ0v) is 8.20. The van der Waals surface area contributed by atoms with Crippen LogP contribution in [0.1, 0.15) is 6.04 Å². The predicted octanol–water partition coefficient (Wildman–Crippen LogP) is 1.23. The summed E-state index contributed by atoms with van der Waals surface area (Å²) in [5.74, 6) is 0. The third-order valence-electron chi connectivity index (χ3n) is 2.51. The van der Waals surface area contributed by atoms with E-state index in [2.05, 4.69) is 15.4 Å². The van der Waals surface area contributed by atoms with Crippen molar-refractivity contribution < 1.29 is 0 Å². The number of nitrogens with one attached hydrogen (secondary N) is 1. The van der Waals surface area contributed by atoms with E-state index in [1.807, 2.05) is 16.9 Å². The average molecular weight is 209 g/mol. The van der Waals surface area contributed by atoms with Gasteiger partial charge in [0.25, 0.3) is 0 Å². The molecule has 5 heteroatoms. The van der Waals surface area contributed by atoms with Gasteiger partial charge in [0.15, 0.2) is 5.65 Å². The number of nitrogens with zero attached hydrogens (tertiary/aromatic N) is 3. The van der Waals surface area contributed by atoms with E-state index in [1.165, 1.54) is 0 Å². The average Bonchev–Trinajstić information content (AvgIpc) is 2.45. The first kappa shape index (κ1) is 8.20. The van der Waals surface area contributed by atoms with Crippen LogP contribution in [0.2, 0.25) is 5.02 Å². The molecule has 3 rings (SSSR count). The Balaban J connectivity index is 2.16. The van der Waals surface area contributed by atoms with Gasteiger partial charge in [-0.05, 0) is 6.07 Å².